The van der Waals surface area contributed by atoms with Crippen LogP contribution in [0.15, 0.2) is 57.9 Å². The second-order valence-electron chi connectivity index (χ2n) is 5.96. The van der Waals surface area contributed by atoms with Crippen molar-refractivity contribution in [2.75, 3.05) is 6.54 Å². The molecule has 1 N–H and O–H groups in total. The molecule has 1 saturated heterocycles. The van der Waals surface area contributed by atoms with Gasteiger partial charge in [-0.2, -0.15) is 0 Å². The van der Waals surface area contributed by atoms with Gasteiger partial charge in [0.25, 0.3) is 5.91 Å². The van der Waals surface area contributed by atoms with Gasteiger partial charge in [-0.25, -0.2) is 0 Å². The topological polar surface area (TPSA) is 66.8 Å². The Morgan fingerprint density at radius 2 is 1.86 bits per heavy atom. The highest BCUT2D eigenvalue weighted by Gasteiger charge is 2.31. The number of hydrogen-bond acceptors (Lipinski definition) is 5. The minimum Gasteiger partial charge on any atom is -0.489 e. The van der Waals surface area contributed by atoms with E-state index in [-0.39, 0.29) is 18.9 Å². The Bertz CT molecular complexity index is 926. The van der Waals surface area contributed by atoms with Crippen molar-refractivity contribution in [2.24, 2.45) is 0 Å². The minimum atomic E-state index is -0.961. The third kappa shape index (κ3) is 5.43. The monoisotopic (exact) mass is 477 g/mol. The van der Waals surface area contributed by atoms with E-state index in [0.29, 0.717) is 15.8 Å². The molecule has 0 unspecified atom stereocenters. The van der Waals surface area contributed by atoms with E-state index in [9.17, 15) is 9.59 Å². The van der Waals surface area contributed by atoms with Crippen molar-refractivity contribution in [1.82, 2.24) is 4.90 Å². The molecule has 0 spiro atoms. The van der Waals surface area contributed by atoms with Gasteiger partial charge in [-0.05, 0) is 41.5 Å². The average Bonchev–Trinajstić information content (AvgIpc) is 2.93. The van der Waals surface area contributed by atoms with Gasteiger partial charge < -0.3 is 9.84 Å². The number of hydrogen-bond donors (Lipinski definition) is 1. The molecule has 1 heterocycles. The maximum absolute atomic E-state index is 12.4. The van der Waals surface area contributed by atoms with Crippen molar-refractivity contribution in [3.8, 4) is 5.75 Å². The summed E-state index contributed by atoms with van der Waals surface area (Å²) < 4.78 is 7.18. The number of carboxylic acid groups (broad SMARTS) is 1. The number of thiocarbonyl (C=S) groups is 1. The minimum absolute atomic E-state index is 0.0835. The van der Waals surface area contributed by atoms with Crippen molar-refractivity contribution in [2.45, 2.75) is 13.0 Å². The zero-order valence-corrected chi connectivity index (χ0v) is 17.9. The standard InChI is InChI=1S/C20H16BrNO4S2/c21-15-5-1-14(2-6-15)12-26-16-7-3-13(4-8-16)11-17-19(25)22(20(27)28-17)10-9-18(23)24/h1-8,11H,9-10,12H2,(H,23,24)/b17-11+. The van der Waals surface area contributed by atoms with Crippen LogP contribution >= 0.6 is 39.9 Å². The largest absolute Gasteiger partial charge is 0.489 e. The van der Waals surface area contributed by atoms with E-state index < -0.39 is 5.97 Å². The van der Waals surface area contributed by atoms with E-state index in [1.807, 2.05) is 48.5 Å². The second-order valence-corrected chi connectivity index (χ2v) is 8.55. The fourth-order valence-corrected chi connectivity index (χ4v) is 4.03. The van der Waals surface area contributed by atoms with Crippen molar-refractivity contribution in [3.63, 3.8) is 0 Å². The summed E-state index contributed by atoms with van der Waals surface area (Å²) in [5.74, 6) is -0.488. The molecule has 1 aliphatic rings. The van der Waals surface area contributed by atoms with Gasteiger partial charge in [0.05, 0.1) is 11.3 Å². The molecule has 0 bridgehead atoms. The Kier molecular flexibility index (Phi) is 6.88. The molecule has 0 saturated carbocycles. The lowest BCUT2D eigenvalue weighted by molar-refractivity contribution is -0.137. The van der Waals surface area contributed by atoms with Crippen LogP contribution in [0.4, 0.5) is 0 Å². The number of amides is 1. The van der Waals surface area contributed by atoms with Crippen molar-refractivity contribution in [3.05, 3.63) is 69.0 Å². The Hall–Kier alpha value is -2.16. The Labute approximate surface area is 180 Å². The summed E-state index contributed by atoms with van der Waals surface area (Å²) in [6.45, 7) is 0.551. The number of rotatable bonds is 7. The van der Waals surface area contributed by atoms with E-state index in [2.05, 4.69) is 15.9 Å². The van der Waals surface area contributed by atoms with Gasteiger partial charge in [0.15, 0.2) is 0 Å². The number of carbonyl (C=O) groups excluding carboxylic acids is 1. The van der Waals surface area contributed by atoms with Gasteiger partial charge in [-0.3, -0.25) is 14.5 Å². The first-order valence-electron chi connectivity index (χ1n) is 8.37. The molecule has 28 heavy (non-hydrogen) atoms. The highest BCUT2D eigenvalue weighted by Crippen LogP contribution is 2.32. The molecule has 2 aromatic rings. The number of carbonyl (C=O) groups is 2. The van der Waals surface area contributed by atoms with Crippen molar-refractivity contribution >= 4 is 62.2 Å². The van der Waals surface area contributed by atoms with Crippen LogP contribution in [0.2, 0.25) is 0 Å². The second kappa shape index (κ2) is 9.36. The third-order valence-electron chi connectivity index (χ3n) is 3.92. The number of carboxylic acids is 1. The molecule has 3 rings (SSSR count). The first kappa shape index (κ1) is 20.6. The van der Waals surface area contributed by atoms with E-state index in [4.69, 9.17) is 22.1 Å². The van der Waals surface area contributed by atoms with Gasteiger partial charge in [0.1, 0.15) is 16.7 Å². The zero-order chi connectivity index (χ0) is 20.1. The molecule has 144 valence electrons. The number of halogens is 1. The predicted octanol–water partition coefficient (Wildman–Crippen LogP) is 4.70. The highest BCUT2D eigenvalue weighted by atomic mass is 79.9. The molecule has 0 aromatic heterocycles. The third-order valence-corrected chi connectivity index (χ3v) is 5.83. The Morgan fingerprint density at radius 3 is 2.50 bits per heavy atom. The maximum Gasteiger partial charge on any atom is 0.305 e. The zero-order valence-electron chi connectivity index (χ0n) is 14.6. The average molecular weight is 478 g/mol. The summed E-state index contributed by atoms with van der Waals surface area (Å²) in [4.78, 5) is 24.9. The van der Waals surface area contributed by atoms with Crippen LogP contribution in [0, 0.1) is 0 Å². The smallest absolute Gasteiger partial charge is 0.305 e. The number of benzene rings is 2. The lowest BCUT2D eigenvalue weighted by Gasteiger charge is -2.12. The van der Waals surface area contributed by atoms with E-state index >= 15 is 0 Å². The van der Waals surface area contributed by atoms with Crippen LogP contribution in [-0.2, 0) is 16.2 Å². The normalized spacial score (nSPS) is 15.3. The molecular formula is C20H16BrNO4S2. The quantitative estimate of drug-likeness (QED) is 0.460. The van der Waals surface area contributed by atoms with Crippen LogP contribution in [0.3, 0.4) is 0 Å². The lowest BCUT2D eigenvalue weighted by atomic mass is 10.2. The first-order chi connectivity index (χ1) is 13.4. The summed E-state index contributed by atoms with van der Waals surface area (Å²) in [5.41, 5.74) is 1.91. The maximum atomic E-state index is 12.4. The summed E-state index contributed by atoms with van der Waals surface area (Å²) in [6.07, 6.45) is 1.61. The molecular weight excluding hydrogens is 462 g/mol. The van der Waals surface area contributed by atoms with E-state index in [1.54, 1.807) is 6.08 Å². The van der Waals surface area contributed by atoms with Crippen LogP contribution in [0.5, 0.6) is 5.75 Å². The van der Waals surface area contributed by atoms with Crippen LogP contribution in [-0.4, -0.2) is 32.7 Å². The summed E-state index contributed by atoms with van der Waals surface area (Å²) in [7, 11) is 0. The highest BCUT2D eigenvalue weighted by molar-refractivity contribution is 9.10. The molecule has 1 amide bonds. The fourth-order valence-electron chi connectivity index (χ4n) is 2.46. The fraction of sp³-hybridized carbons (Fsp3) is 0.150. The van der Waals surface area contributed by atoms with Gasteiger partial charge in [0.2, 0.25) is 0 Å². The van der Waals surface area contributed by atoms with Crippen LogP contribution in [0.1, 0.15) is 17.5 Å². The molecule has 0 atom stereocenters. The van der Waals surface area contributed by atoms with Gasteiger partial charge >= 0.3 is 5.97 Å². The Morgan fingerprint density at radius 1 is 1.18 bits per heavy atom. The number of ether oxygens (including phenoxy) is 1. The molecule has 0 radical (unpaired) electrons. The van der Waals surface area contributed by atoms with Gasteiger partial charge in [-0.1, -0.05) is 64.2 Å². The summed E-state index contributed by atoms with van der Waals surface area (Å²) in [6, 6.07) is 15.3. The van der Waals surface area contributed by atoms with E-state index in [1.165, 1.54) is 16.7 Å². The molecule has 2 aromatic carbocycles. The SMILES string of the molecule is O=C(O)CCN1C(=O)/C(=C\c2ccc(OCc3ccc(Br)cc3)cc2)SC1=S. The molecule has 1 aliphatic heterocycles. The van der Waals surface area contributed by atoms with Crippen LogP contribution in [0.25, 0.3) is 6.08 Å². The lowest BCUT2D eigenvalue weighted by Crippen LogP contribution is -2.30. The Balaban J connectivity index is 1.61. The van der Waals surface area contributed by atoms with Crippen molar-refractivity contribution < 1.29 is 19.4 Å². The molecule has 5 nitrogen and oxygen atoms in total. The number of thioether (sulfide) groups is 1. The van der Waals surface area contributed by atoms with Gasteiger partial charge in [-0.15, -0.1) is 0 Å². The van der Waals surface area contributed by atoms with Gasteiger partial charge in [0, 0.05) is 11.0 Å². The first-order valence-corrected chi connectivity index (χ1v) is 10.4. The van der Waals surface area contributed by atoms with Crippen molar-refractivity contribution in [1.29, 1.82) is 0 Å². The summed E-state index contributed by atoms with van der Waals surface area (Å²) in [5, 5.41) is 8.79. The summed E-state index contributed by atoms with van der Waals surface area (Å²) >= 11 is 9.77. The predicted molar refractivity (Wildman–Crippen MR) is 117 cm³/mol. The van der Waals surface area contributed by atoms with Crippen LogP contribution < -0.4 is 4.74 Å². The molecule has 0 aliphatic carbocycles. The number of aliphatic carboxylic acids is 1. The molecule has 8 heteroatoms. The number of nitrogens with zero attached hydrogens (tertiary/aromatic N) is 1. The molecule has 1 fully saturated rings. The van der Waals surface area contributed by atoms with E-state index in [0.717, 1.165) is 21.3 Å².